The first-order valence-corrected chi connectivity index (χ1v) is 10.2. The van der Waals surface area contributed by atoms with Crippen LogP contribution in [0.25, 0.3) is 16.9 Å². The molecule has 0 bridgehead atoms. The van der Waals surface area contributed by atoms with Gasteiger partial charge < -0.3 is 11.1 Å². The van der Waals surface area contributed by atoms with E-state index in [9.17, 15) is 0 Å². The van der Waals surface area contributed by atoms with Gasteiger partial charge in [-0.2, -0.15) is 5.10 Å². The largest absolute Gasteiger partial charge is 0.353 e. The molecule has 0 radical (unpaired) electrons. The standard InChI is InChI=1S/C20H26FN7/c1-27-16(10-12-2-3-12)15(11-24-27)18-17(21)19-23-8-9-28(19)20(26-18)25-14-6-4-13(22)5-7-14/h8-9,11-14H,2-7,10,22H2,1H3,(H,25,26). The molecule has 2 fully saturated rings. The highest BCUT2D eigenvalue weighted by Crippen LogP contribution is 2.36. The summed E-state index contributed by atoms with van der Waals surface area (Å²) >= 11 is 0. The molecular formula is C20H26FN7. The van der Waals surface area contributed by atoms with Gasteiger partial charge in [-0.05, 0) is 50.9 Å². The number of halogens is 1. The Morgan fingerprint density at radius 1 is 1.21 bits per heavy atom. The number of fused-ring (bicyclic) bond motifs is 1. The van der Waals surface area contributed by atoms with Crippen molar-refractivity contribution in [1.29, 1.82) is 0 Å². The lowest BCUT2D eigenvalue weighted by Crippen LogP contribution is -2.33. The number of nitrogens with two attached hydrogens (primary N) is 1. The summed E-state index contributed by atoms with van der Waals surface area (Å²) in [7, 11) is 1.91. The van der Waals surface area contributed by atoms with E-state index in [0.29, 0.717) is 23.2 Å². The predicted octanol–water partition coefficient (Wildman–Crippen LogP) is 2.90. The first-order valence-electron chi connectivity index (χ1n) is 10.2. The van der Waals surface area contributed by atoms with E-state index in [1.165, 1.54) is 12.8 Å². The highest BCUT2D eigenvalue weighted by molar-refractivity contribution is 5.69. The van der Waals surface area contributed by atoms with Crippen molar-refractivity contribution in [2.24, 2.45) is 18.7 Å². The van der Waals surface area contributed by atoms with Crippen LogP contribution in [0.5, 0.6) is 0 Å². The number of nitrogens with one attached hydrogen (secondary N) is 1. The molecule has 0 atom stereocenters. The minimum atomic E-state index is -0.397. The summed E-state index contributed by atoms with van der Waals surface area (Å²) in [6.07, 6.45) is 12.4. The smallest absolute Gasteiger partial charge is 0.209 e. The third kappa shape index (κ3) is 3.15. The highest BCUT2D eigenvalue weighted by atomic mass is 19.1. The van der Waals surface area contributed by atoms with Crippen molar-refractivity contribution in [2.45, 2.75) is 57.0 Å². The molecule has 0 amide bonds. The third-order valence-electron chi connectivity index (χ3n) is 6.09. The number of imidazole rings is 1. The highest BCUT2D eigenvalue weighted by Gasteiger charge is 2.28. The second-order valence-electron chi connectivity index (χ2n) is 8.25. The first-order chi connectivity index (χ1) is 13.6. The van der Waals surface area contributed by atoms with E-state index in [2.05, 4.69) is 15.4 Å². The maximum absolute atomic E-state index is 15.3. The lowest BCUT2D eigenvalue weighted by Gasteiger charge is -2.27. The number of aromatic nitrogens is 5. The normalized spacial score (nSPS) is 22.7. The van der Waals surface area contributed by atoms with Gasteiger partial charge in [0.1, 0.15) is 5.69 Å². The number of hydrogen-bond acceptors (Lipinski definition) is 5. The lowest BCUT2D eigenvalue weighted by atomic mass is 9.92. The SMILES string of the molecule is Cn1ncc(-c2nc(NC3CCC(N)CC3)n3ccnc3c2F)c1CC1CC1. The number of hydrogen-bond donors (Lipinski definition) is 2. The summed E-state index contributed by atoms with van der Waals surface area (Å²) in [6.45, 7) is 0. The summed E-state index contributed by atoms with van der Waals surface area (Å²) in [5.74, 6) is 0.910. The third-order valence-corrected chi connectivity index (χ3v) is 6.09. The van der Waals surface area contributed by atoms with Gasteiger partial charge in [-0.3, -0.25) is 9.08 Å². The molecule has 2 aliphatic carbocycles. The lowest BCUT2D eigenvalue weighted by molar-refractivity contribution is 0.409. The Labute approximate surface area is 163 Å². The summed E-state index contributed by atoms with van der Waals surface area (Å²) < 4.78 is 18.9. The zero-order valence-electron chi connectivity index (χ0n) is 16.1. The molecule has 5 rings (SSSR count). The second kappa shape index (κ2) is 6.84. The van der Waals surface area contributed by atoms with Crippen molar-refractivity contribution >= 4 is 11.6 Å². The average Bonchev–Trinajstić information content (AvgIpc) is 3.23. The maximum Gasteiger partial charge on any atom is 0.209 e. The topological polar surface area (TPSA) is 86.1 Å². The molecule has 3 N–H and O–H groups in total. The van der Waals surface area contributed by atoms with Gasteiger partial charge in [0, 0.05) is 42.8 Å². The van der Waals surface area contributed by atoms with Crippen LogP contribution < -0.4 is 11.1 Å². The van der Waals surface area contributed by atoms with Crippen LogP contribution in [0.3, 0.4) is 0 Å². The van der Waals surface area contributed by atoms with Crippen LogP contribution >= 0.6 is 0 Å². The second-order valence-corrected chi connectivity index (χ2v) is 8.25. The minimum Gasteiger partial charge on any atom is -0.353 e. The maximum atomic E-state index is 15.3. The Hall–Kier alpha value is -2.48. The van der Waals surface area contributed by atoms with E-state index < -0.39 is 5.82 Å². The minimum absolute atomic E-state index is 0.281. The molecule has 148 valence electrons. The molecule has 0 aliphatic heterocycles. The van der Waals surface area contributed by atoms with Crippen molar-refractivity contribution < 1.29 is 4.39 Å². The van der Waals surface area contributed by atoms with E-state index >= 15 is 4.39 Å². The van der Waals surface area contributed by atoms with Gasteiger partial charge in [0.05, 0.1) is 6.20 Å². The monoisotopic (exact) mass is 383 g/mol. The molecular weight excluding hydrogens is 357 g/mol. The van der Waals surface area contributed by atoms with Crippen LogP contribution in [0.15, 0.2) is 18.6 Å². The fourth-order valence-electron chi connectivity index (χ4n) is 4.18. The van der Waals surface area contributed by atoms with Crippen LogP contribution in [0, 0.1) is 11.7 Å². The number of rotatable bonds is 5. The van der Waals surface area contributed by atoms with Gasteiger partial charge in [-0.15, -0.1) is 0 Å². The van der Waals surface area contributed by atoms with E-state index in [1.54, 1.807) is 23.0 Å². The predicted molar refractivity (Wildman–Crippen MR) is 105 cm³/mol. The van der Waals surface area contributed by atoms with Crippen LogP contribution in [-0.4, -0.2) is 36.2 Å². The van der Waals surface area contributed by atoms with Crippen molar-refractivity contribution in [3.63, 3.8) is 0 Å². The van der Waals surface area contributed by atoms with Crippen LogP contribution in [-0.2, 0) is 13.5 Å². The Balaban J connectivity index is 1.55. The molecule has 0 saturated heterocycles. The molecule has 0 unspecified atom stereocenters. The summed E-state index contributed by atoms with van der Waals surface area (Å²) in [5.41, 5.74) is 8.47. The van der Waals surface area contributed by atoms with Crippen molar-refractivity contribution in [3.05, 3.63) is 30.1 Å². The molecule has 2 aliphatic rings. The van der Waals surface area contributed by atoms with Gasteiger partial charge in [-0.1, -0.05) is 0 Å². The zero-order valence-corrected chi connectivity index (χ0v) is 16.1. The van der Waals surface area contributed by atoms with Crippen molar-refractivity contribution in [3.8, 4) is 11.3 Å². The molecule has 2 saturated carbocycles. The molecule has 28 heavy (non-hydrogen) atoms. The van der Waals surface area contributed by atoms with Crippen molar-refractivity contribution in [2.75, 3.05) is 5.32 Å². The van der Waals surface area contributed by atoms with E-state index in [4.69, 9.17) is 10.7 Å². The van der Waals surface area contributed by atoms with E-state index in [-0.39, 0.29) is 12.1 Å². The molecule has 3 heterocycles. The number of nitrogens with zero attached hydrogens (tertiary/aromatic N) is 5. The average molecular weight is 383 g/mol. The van der Waals surface area contributed by atoms with Crippen LogP contribution in [0.1, 0.15) is 44.2 Å². The van der Waals surface area contributed by atoms with E-state index in [0.717, 1.165) is 43.4 Å². The molecule has 3 aromatic heterocycles. The Bertz CT molecular complexity index is 996. The van der Waals surface area contributed by atoms with Gasteiger partial charge >= 0.3 is 0 Å². The van der Waals surface area contributed by atoms with E-state index in [1.807, 2.05) is 11.7 Å². The molecule has 7 nitrogen and oxygen atoms in total. The first kappa shape index (κ1) is 17.6. The molecule has 8 heteroatoms. The Morgan fingerprint density at radius 2 is 2.00 bits per heavy atom. The number of aryl methyl sites for hydroxylation is 1. The Morgan fingerprint density at radius 3 is 2.75 bits per heavy atom. The summed E-state index contributed by atoms with van der Waals surface area (Å²) in [5, 5.41) is 7.89. The van der Waals surface area contributed by atoms with Gasteiger partial charge in [0.25, 0.3) is 0 Å². The molecule has 3 aromatic rings. The fourth-order valence-corrected chi connectivity index (χ4v) is 4.18. The zero-order chi connectivity index (χ0) is 19.3. The van der Waals surface area contributed by atoms with Gasteiger partial charge in [-0.25, -0.2) is 14.4 Å². The van der Waals surface area contributed by atoms with Crippen molar-refractivity contribution in [1.82, 2.24) is 24.1 Å². The summed E-state index contributed by atoms with van der Waals surface area (Å²) in [6, 6.07) is 0.569. The fraction of sp³-hybridized carbons (Fsp3) is 0.550. The molecule has 0 spiro atoms. The van der Waals surface area contributed by atoms with Crippen LogP contribution in [0.4, 0.5) is 10.3 Å². The number of anilines is 1. The molecule has 0 aromatic carbocycles. The van der Waals surface area contributed by atoms with Gasteiger partial charge in [0.2, 0.25) is 5.95 Å². The quantitative estimate of drug-likeness (QED) is 0.708. The van der Waals surface area contributed by atoms with Gasteiger partial charge in [0.15, 0.2) is 11.5 Å². The summed E-state index contributed by atoms with van der Waals surface area (Å²) in [4.78, 5) is 8.95. The Kier molecular flexibility index (Phi) is 4.30. The van der Waals surface area contributed by atoms with Crippen LogP contribution in [0.2, 0.25) is 0 Å².